The van der Waals surface area contributed by atoms with E-state index in [0.717, 1.165) is 49.6 Å². The van der Waals surface area contributed by atoms with Crippen LogP contribution in [0.15, 0.2) is 36.5 Å². The number of benzene rings is 1. The number of halogens is 2. The average molecular weight is 500 g/mol. The fourth-order valence-electron chi connectivity index (χ4n) is 5.66. The molecule has 3 aliphatic rings. The summed E-state index contributed by atoms with van der Waals surface area (Å²) in [7, 11) is 1.59. The Morgan fingerprint density at radius 2 is 2.14 bits per heavy atom. The van der Waals surface area contributed by atoms with E-state index < -0.39 is 0 Å². The van der Waals surface area contributed by atoms with E-state index in [1.165, 1.54) is 12.1 Å². The smallest absolute Gasteiger partial charge is 0.232 e. The maximum atomic E-state index is 13.7. The Kier molecular flexibility index (Phi) is 5.86. The Hall–Kier alpha value is -2.75. The van der Waals surface area contributed by atoms with Crippen LogP contribution in [0.25, 0.3) is 5.69 Å². The van der Waals surface area contributed by atoms with Crippen LogP contribution in [-0.4, -0.2) is 59.3 Å². The van der Waals surface area contributed by atoms with Crippen molar-refractivity contribution in [1.29, 1.82) is 0 Å². The largest absolute Gasteiger partial charge is 0.481 e. The predicted molar refractivity (Wildman–Crippen MR) is 128 cm³/mol. The van der Waals surface area contributed by atoms with Gasteiger partial charge in [-0.2, -0.15) is 0 Å². The first-order chi connectivity index (χ1) is 17.1. The molecule has 8 nitrogen and oxygen atoms in total. The van der Waals surface area contributed by atoms with Crippen LogP contribution < -0.4 is 9.64 Å². The molecule has 184 valence electrons. The Morgan fingerprint density at radius 1 is 1.23 bits per heavy atom. The highest BCUT2D eigenvalue weighted by atomic mass is 35.5. The van der Waals surface area contributed by atoms with Gasteiger partial charge in [0.25, 0.3) is 0 Å². The third kappa shape index (κ3) is 3.95. The summed E-state index contributed by atoms with van der Waals surface area (Å²) in [6, 6.07) is 8.52. The zero-order valence-electron chi connectivity index (χ0n) is 19.5. The number of fused-ring (bicyclic) bond motifs is 1. The molecule has 4 heterocycles. The fourth-order valence-corrected chi connectivity index (χ4v) is 6.02. The number of anilines is 1. The van der Waals surface area contributed by atoms with Crippen LogP contribution in [-0.2, 0) is 21.5 Å². The summed E-state index contributed by atoms with van der Waals surface area (Å²) in [5.74, 6) is 2.08. The zero-order valence-corrected chi connectivity index (χ0v) is 20.2. The lowest BCUT2D eigenvalue weighted by atomic mass is 9.58. The summed E-state index contributed by atoms with van der Waals surface area (Å²) in [6.45, 7) is 3.20. The van der Waals surface area contributed by atoms with Crippen LogP contribution in [0.3, 0.4) is 0 Å². The van der Waals surface area contributed by atoms with Gasteiger partial charge in [0.05, 0.1) is 31.7 Å². The van der Waals surface area contributed by atoms with E-state index >= 15 is 0 Å². The Bertz CT molecular complexity index is 1220. The number of pyridine rings is 1. The lowest BCUT2D eigenvalue weighted by molar-refractivity contribution is 0.0277. The van der Waals surface area contributed by atoms with Gasteiger partial charge in [0.2, 0.25) is 11.8 Å². The minimum atomic E-state index is -0.315. The van der Waals surface area contributed by atoms with Crippen molar-refractivity contribution in [2.75, 3.05) is 38.3 Å². The minimum Gasteiger partial charge on any atom is -0.481 e. The molecular formula is C25H27ClFN5O3. The molecule has 1 saturated carbocycles. The van der Waals surface area contributed by atoms with Crippen LogP contribution in [0.4, 0.5) is 10.3 Å². The van der Waals surface area contributed by atoms with E-state index in [1.807, 2.05) is 22.8 Å². The van der Waals surface area contributed by atoms with Gasteiger partial charge in [-0.05, 0) is 48.9 Å². The van der Waals surface area contributed by atoms with Crippen molar-refractivity contribution in [2.24, 2.45) is 5.92 Å². The number of rotatable bonds is 7. The van der Waals surface area contributed by atoms with Gasteiger partial charge in [-0.3, -0.25) is 4.57 Å². The Balaban J connectivity index is 1.33. The fraction of sp³-hybridized carbons (Fsp3) is 0.480. The quantitative estimate of drug-likeness (QED) is 0.487. The molecule has 1 unspecified atom stereocenters. The molecule has 3 fully saturated rings. The van der Waals surface area contributed by atoms with Crippen LogP contribution >= 0.6 is 11.6 Å². The van der Waals surface area contributed by atoms with E-state index in [9.17, 15) is 4.39 Å². The number of nitrogens with zero attached hydrogens (tertiary/aromatic N) is 5. The van der Waals surface area contributed by atoms with E-state index in [-0.39, 0.29) is 17.3 Å². The first kappa shape index (κ1) is 22.7. The van der Waals surface area contributed by atoms with E-state index in [4.69, 9.17) is 25.8 Å². The summed E-state index contributed by atoms with van der Waals surface area (Å²) < 4.78 is 32.5. The molecule has 2 aromatic heterocycles. The predicted octanol–water partition coefficient (Wildman–Crippen LogP) is 3.94. The third-order valence-corrected chi connectivity index (χ3v) is 7.93. The molecule has 35 heavy (non-hydrogen) atoms. The normalized spacial score (nSPS) is 25.5. The molecule has 10 heteroatoms. The van der Waals surface area contributed by atoms with Crippen molar-refractivity contribution in [3.05, 3.63) is 58.8 Å². The van der Waals surface area contributed by atoms with Gasteiger partial charge in [-0.15, -0.1) is 10.2 Å². The topological polar surface area (TPSA) is 74.5 Å². The lowest BCUT2D eigenvalue weighted by Gasteiger charge is -2.44. The van der Waals surface area contributed by atoms with Crippen LogP contribution in [0, 0.1) is 11.7 Å². The van der Waals surface area contributed by atoms with E-state index in [2.05, 4.69) is 20.1 Å². The van der Waals surface area contributed by atoms with Crippen molar-refractivity contribution < 1.29 is 18.6 Å². The minimum absolute atomic E-state index is 0.0594. The van der Waals surface area contributed by atoms with Crippen molar-refractivity contribution in [2.45, 2.75) is 37.4 Å². The van der Waals surface area contributed by atoms with Crippen molar-refractivity contribution >= 4 is 17.5 Å². The summed E-state index contributed by atoms with van der Waals surface area (Å²) in [6.07, 6.45) is 4.80. The van der Waals surface area contributed by atoms with E-state index in [1.54, 1.807) is 13.3 Å². The molecule has 3 atom stereocenters. The van der Waals surface area contributed by atoms with Gasteiger partial charge in [0.15, 0.2) is 5.82 Å². The summed E-state index contributed by atoms with van der Waals surface area (Å²) in [5, 5.41) is 9.59. The third-order valence-electron chi connectivity index (χ3n) is 7.62. The second kappa shape index (κ2) is 9.04. The van der Waals surface area contributed by atoms with Crippen molar-refractivity contribution in [3.8, 4) is 11.6 Å². The number of hydrogen-bond donors (Lipinski definition) is 0. The Morgan fingerprint density at radius 3 is 2.83 bits per heavy atom. The molecule has 3 aromatic rings. The maximum absolute atomic E-state index is 13.7. The van der Waals surface area contributed by atoms with Gasteiger partial charge >= 0.3 is 0 Å². The van der Waals surface area contributed by atoms with E-state index in [0.29, 0.717) is 42.5 Å². The van der Waals surface area contributed by atoms with Gasteiger partial charge in [0.1, 0.15) is 12.4 Å². The van der Waals surface area contributed by atoms with Gasteiger partial charge in [-0.25, -0.2) is 9.37 Å². The first-order valence-electron chi connectivity index (χ1n) is 11.9. The first-order valence-corrected chi connectivity index (χ1v) is 12.3. The molecule has 0 N–H and O–H groups in total. The number of hydrogen-bond acceptors (Lipinski definition) is 7. The summed E-state index contributed by atoms with van der Waals surface area (Å²) in [4.78, 5) is 6.65. The van der Waals surface area contributed by atoms with Crippen LogP contribution in [0.2, 0.25) is 5.02 Å². The molecular weight excluding hydrogens is 473 g/mol. The highest BCUT2D eigenvalue weighted by Crippen LogP contribution is 2.55. The number of methoxy groups -OCH3 is 1. The molecule has 6 rings (SSSR count). The van der Waals surface area contributed by atoms with Gasteiger partial charge in [-0.1, -0.05) is 17.7 Å². The van der Waals surface area contributed by atoms with Gasteiger partial charge < -0.3 is 19.1 Å². The van der Waals surface area contributed by atoms with Crippen molar-refractivity contribution in [1.82, 2.24) is 19.7 Å². The molecule has 2 aliphatic heterocycles. The summed E-state index contributed by atoms with van der Waals surface area (Å²) >= 11 is 6.52. The highest BCUT2D eigenvalue weighted by Gasteiger charge is 2.55. The lowest BCUT2D eigenvalue weighted by Crippen LogP contribution is -2.44. The molecule has 1 aromatic carbocycles. The SMILES string of the molecule is COc1ccc(-n2c(CO[C@@H]3CCOC3)nnc2N2CC3CC[C@]3(c3ccc(F)cc3Cl)C2)cn1. The molecule has 0 bridgehead atoms. The molecule has 0 radical (unpaired) electrons. The second-order valence-corrected chi connectivity index (χ2v) is 9.91. The Labute approximate surface area is 208 Å². The monoisotopic (exact) mass is 499 g/mol. The zero-order chi connectivity index (χ0) is 24.0. The highest BCUT2D eigenvalue weighted by molar-refractivity contribution is 6.31. The van der Waals surface area contributed by atoms with Gasteiger partial charge in [0, 0.05) is 36.2 Å². The molecule has 2 saturated heterocycles. The van der Waals surface area contributed by atoms with Crippen molar-refractivity contribution in [3.63, 3.8) is 0 Å². The second-order valence-electron chi connectivity index (χ2n) is 9.50. The number of ether oxygens (including phenoxy) is 3. The standard InChI is InChI=1S/C25H27ClFN5O3/c1-33-23-5-3-18(11-28-23)32-22(14-35-19-7-9-34-13-19)29-30-24(32)31-12-16-6-8-25(16,15-31)20-4-2-17(27)10-21(20)26/h2-5,10-11,16,19H,6-9,12-15H2,1H3/t16?,19-,25+/m1/s1. The average Bonchev–Trinajstić information content (AvgIpc) is 3.57. The molecule has 0 spiro atoms. The molecule has 0 amide bonds. The van der Waals surface area contributed by atoms with Crippen LogP contribution in [0.5, 0.6) is 5.88 Å². The van der Waals surface area contributed by atoms with Crippen LogP contribution in [0.1, 0.15) is 30.7 Å². The molecule has 1 aliphatic carbocycles. The maximum Gasteiger partial charge on any atom is 0.232 e. The summed E-state index contributed by atoms with van der Waals surface area (Å²) in [5.41, 5.74) is 1.74. The number of aromatic nitrogens is 4.